The summed E-state index contributed by atoms with van der Waals surface area (Å²) < 4.78 is 51.8. The number of esters is 4. The Morgan fingerprint density at radius 3 is 1.62 bits per heavy atom. The molecule has 0 radical (unpaired) electrons. The Bertz CT molecular complexity index is 2570. The molecule has 0 unspecified atom stereocenters. The van der Waals surface area contributed by atoms with E-state index >= 15 is 4.39 Å². The summed E-state index contributed by atoms with van der Waals surface area (Å²) in [6.45, 7) is 5.05. The topological polar surface area (TPSA) is 144 Å². The Balaban J connectivity index is 1.45. The molecule has 6 aromatic rings. The minimum absolute atomic E-state index is 0.0253. The van der Waals surface area contributed by atoms with E-state index in [1.165, 1.54) is 62.6 Å². The molecule has 1 heterocycles. The number of methoxy groups -OCH3 is 1. The number of hydrogen-bond acceptors (Lipinski definition) is 11. The summed E-state index contributed by atoms with van der Waals surface area (Å²) in [4.78, 5) is 56.3. The fourth-order valence-electron chi connectivity index (χ4n) is 7.66. The lowest BCUT2D eigenvalue weighted by Crippen LogP contribution is -2.68. The van der Waals surface area contributed by atoms with Crippen LogP contribution in [0.5, 0.6) is 5.75 Å². The molecule has 0 saturated carbocycles. The van der Waals surface area contributed by atoms with E-state index in [2.05, 4.69) is 0 Å². The molecule has 6 aromatic carbocycles. The maximum Gasteiger partial charge on any atom is 0.338 e. The predicted molar refractivity (Wildman–Crippen MR) is 229 cm³/mol. The zero-order valence-electron chi connectivity index (χ0n) is 34.9. The molecule has 1 aliphatic heterocycles. The van der Waals surface area contributed by atoms with Gasteiger partial charge in [-0.3, -0.25) is 0 Å². The number of carbonyl (C=O) groups is 4. The second kappa shape index (κ2) is 19.3. The largest absolute Gasteiger partial charge is 0.494 e. The molecule has 0 spiro atoms. The van der Waals surface area contributed by atoms with Gasteiger partial charge >= 0.3 is 23.9 Å². The molecule has 1 N–H and O–H groups in total. The van der Waals surface area contributed by atoms with Crippen molar-refractivity contribution in [2.24, 2.45) is 0 Å². The van der Waals surface area contributed by atoms with E-state index < -0.39 is 66.0 Å². The molecule has 322 valence electrons. The van der Waals surface area contributed by atoms with Crippen molar-refractivity contribution in [3.8, 4) is 5.75 Å². The first kappa shape index (κ1) is 43.9. The molecule has 0 amide bonds. The van der Waals surface area contributed by atoms with Gasteiger partial charge in [0.1, 0.15) is 12.2 Å². The number of aryl methyl sites for hydroxylation is 2. The Labute approximate surface area is 363 Å². The van der Waals surface area contributed by atoms with E-state index in [1.54, 1.807) is 111 Å². The molecule has 6 atom stereocenters. The van der Waals surface area contributed by atoms with Gasteiger partial charge in [-0.15, -0.1) is 0 Å². The summed E-state index contributed by atoms with van der Waals surface area (Å²) in [5.74, 6) is -6.86. The van der Waals surface area contributed by atoms with Gasteiger partial charge in [0.2, 0.25) is 11.9 Å². The SMILES string of the molecule is COc1ccc(Cc2c(C)cc(C)cc2[C@@]2(O)O[C@H]([C@H](C)OC(=O)c3ccccc3)[C@@H](OC(=O)c3ccccc3)[C@H](OC(=O)c3ccccc3)[C@H]2OC(=O)c2ccccc2)cc1F. The second-order valence-corrected chi connectivity index (χ2v) is 15.2. The van der Waals surface area contributed by atoms with E-state index in [4.69, 9.17) is 28.4 Å². The van der Waals surface area contributed by atoms with Crippen molar-refractivity contribution in [3.63, 3.8) is 0 Å². The normalized spacial score (nSPS) is 19.8. The van der Waals surface area contributed by atoms with Gasteiger partial charge in [0.15, 0.2) is 23.8 Å². The van der Waals surface area contributed by atoms with Crippen molar-refractivity contribution in [1.29, 1.82) is 0 Å². The van der Waals surface area contributed by atoms with E-state index in [-0.39, 0.29) is 40.0 Å². The lowest BCUT2D eigenvalue weighted by atomic mass is 9.81. The molecule has 11 nitrogen and oxygen atoms in total. The summed E-state index contributed by atoms with van der Waals surface area (Å²) in [6.07, 6.45) is -8.45. The number of carbonyl (C=O) groups excluding carboxylic acids is 4. The number of benzene rings is 6. The van der Waals surface area contributed by atoms with Crippen LogP contribution in [0.25, 0.3) is 0 Å². The molecule has 0 aliphatic carbocycles. The highest BCUT2D eigenvalue weighted by atomic mass is 19.1. The van der Waals surface area contributed by atoms with Crippen LogP contribution in [-0.4, -0.2) is 66.6 Å². The first-order valence-electron chi connectivity index (χ1n) is 20.2. The van der Waals surface area contributed by atoms with Gasteiger partial charge in [0.25, 0.3) is 0 Å². The highest BCUT2D eigenvalue weighted by Crippen LogP contribution is 2.45. The third-order valence-electron chi connectivity index (χ3n) is 10.8. The van der Waals surface area contributed by atoms with Crippen LogP contribution in [0.3, 0.4) is 0 Å². The summed E-state index contributed by atoms with van der Waals surface area (Å²) in [6, 6.07) is 39.9. The van der Waals surface area contributed by atoms with Gasteiger partial charge in [-0.05, 0) is 105 Å². The van der Waals surface area contributed by atoms with Crippen molar-refractivity contribution in [1.82, 2.24) is 0 Å². The molecule has 12 heteroatoms. The van der Waals surface area contributed by atoms with Crippen LogP contribution >= 0.6 is 0 Å². The first-order valence-corrected chi connectivity index (χ1v) is 20.2. The van der Waals surface area contributed by atoms with Crippen molar-refractivity contribution >= 4 is 23.9 Å². The van der Waals surface area contributed by atoms with E-state index in [9.17, 15) is 24.3 Å². The zero-order chi connectivity index (χ0) is 44.7. The van der Waals surface area contributed by atoms with Crippen LogP contribution in [0.15, 0.2) is 152 Å². The first-order chi connectivity index (χ1) is 30.4. The van der Waals surface area contributed by atoms with Crippen LogP contribution < -0.4 is 4.74 Å². The van der Waals surface area contributed by atoms with Crippen LogP contribution in [0.4, 0.5) is 4.39 Å². The molecule has 1 aliphatic rings. The van der Waals surface area contributed by atoms with E-state index in [1.807, 2.05) is 6.07 Å². The minimum Gasteiger partial charge on any atom is -0.494 e. The predicted octanol–water partition coefficient (Wildman–Crippen LogP) is 8.51. The maximum atomic E-state index is 15.2. The Kier molecular flexibility index (Phi) is 13.4. The average molecular weight is 853 g/mol. The Morgan fingerprint density at radius 1 is 0.651 bits per heavy atom. The lowest BCUT2D eigenvalue weighted by Gasteiger charge is -2.50. The van der Waals surface area contributed by atoms with Crippen molar-refractivity contribution in [3.05, 3.63) is 208 Å². The maximum absolute atomic E-state index is 15.2. The Morgan fingerprint density at radius 2 is 1.13 bits per heavy atom. The van der Waals surface area contributed by atoms with Gasteiger partial charge < -0.3 is 33.5 Å². The fraction of sp³-hybridized carbons (Fsp3) is 0.216. The van der Waals surface area contributed by atoms with Crippen LogP contribution in [0.1, 0.15) is 76.2 Å². The van der Waals surface area contributed by atoms with Crippen LogP contribution in [0, 0.1) is 19.7 Å². The van der Waals surface area contributed by atoms with Crippen LogP contribution in [-0.2, 0) is 35.9 Å². The molecular formula is C51H45FO11. The lowest BCUT2D eigenvalue weighted by molar-refractivity contribution is -0.360. The highest BCUT2D eigenvalue weighted by molar-refractivity contribution is 5.92. The van der Waals surface area contributed by atoms with Gasteiger partial charge in [0.05, 0.1) is 29.4 Å². The van der Waals surface area contributed by atoms with E-state index in [0.717, 1.165) is 0 Å². The third-order valence-corrected chi connectivity index (χ3v) is 10.8. The second-order valence-electron chi connectivity index (χ2n) is 15.2. The van der Waals surface area contributed by atoms with E-state index in [0.29, 0.717) is 22.3 Å². The quantitative estimate of drug-likeness (QED) is 0.0883. The number of hydrogen-bond donors (Lipinski definition) is 1. The van der Waals surface area contributed by atoms with Crippen molar-refractivity contribution in [2.75, 3.05) is 7.11 Å². The van der Waals surface area contributed by atoms with Gasteiger partial charge in [-0.2, -0.15) is 0 Å². The molecule has 0 aromatic heterocycles. The standard InChI is InChI=1S/C51H45FO11/c1-31-27-32(2)39(29-34-25-26-42(58-4)41(52)30-34)40(28-31)51(57)46(62-50(56)38-23-15-8-16-24-38)45(61-49(55)37-21-13-7-14-22-37)44(60-48(54)36-19-11-6-12-20-36)43(63-51)33(3)59-47(53)35-17-9-5-10-18-35/h5-28,30,33,43-46,57H,29H2,1-4H3/t33-,43+,44+,45-,46+,51+/m0/s1. The van der Waals surface area contributed by atoms with Gasteiger partial charge in [-0.1, -0.05) is 96.6 Å². The Hall–Kier alpha value is -7.15. The molecule has 7 rings (SSSR count). The zero-order valence-corrected chi connectivity index (χ0v) is 34.9. The fourth-order valence-corrected chi connectivity index (χ4v) is 7.66. The monoisotopic (exact) mass is 852 g/mol. The third kappa shape index (κ3) is 9.83. The van der Waals surface area contributed by atoms with Crippen molar-refractivity contribution in [2.45, 2.75) is 63.5 Å². The number of halogens is 1. The van der Waals surface area contributed by atoms with Gasteiger partial charge in [-0.25, -0.2) is 23.6 Å². The smallest absolute Gasteiger partial charge is 0.338 e. The number of rotatable bonds is 13. The summed E-state index contributed by atoms with van der Waals surface area (Å²) in [7, 11) is 1.35. The summed E-state index contributed by atoms with van der Waals surface area (Å²) in [5, 5.41) is 13.6. The van der Waals surface area contributed by atoms with Gasteiger partial charge in [0, 0.05) is 5.56 Å². The van der Waals surface area contributed by atoms with Crippen molar-refractivity contribution < 1.29 is 57.1 Å². The molecule has 1 saturated heterocycles. The minimum atomic E-state index is -2.75. The molecular weight excluding hydrogens is 808 g/mol. The molecule has 0 bridgehead atoms. The molecule has 1 fully saturated rings. The van der Waals surface area contributed by atoms with Crippen LogP contribution in [0.2, 0.25) is 0 Å². The number of ether oxygens (including phenoxy) is 6. The number of aliphatic hydroxyl groups is 1. The average Bonchev–Trinajstić information content (AvgIpc) is 3.30. The highest BCUT2D eigenvalue weighted by Gasteiger charge is 2.62. The molecule has 63 heavy (non-hydrogen) atoms. The summed E-state index contributed by atoms with van der Waals surface area (Å²) >= 11 is 0. The summed E-state index contributed by atoms with van der Waals surface area (Å²) in [5.41, 5.74) is 2.74.